The first-order chi connectivity index (χ1) is 9.15. The van der Waals surface area contributed by atoms with Crippen LogP contribution >= 0.6 is 11.3 Å². The van der Waals surface area contributed by atoms with Crippen molar-refractivity contribution in [3.63, 3.8) is 0 Å². The molecule has 102 valence electrons. The molecule has 1 saturated carbocycles. The second kappa shape index (κ2) is 5.10. The Morgan fingerprint density at radius 3 is 2.84 bits per heavy atom. The van der Waals surface area contributed by atoms with E-state index in [2.05, 4.69) is 19.2 Å². The number of nitrogens with zero attached hydrogens (tertiary/aromatic N) is 1. The van der Waals surface area contributed by atoms with Crippen LogP contribution in [0.3, 0.4) is 0 Å². The Hall–Kier alpha value is -1.13. The fourth-order valence-electron chi connectivity index (χ4n) is 2.18. The van der Waals surface area contributed by atoms with Gasteiger partial charge in [-0.05, 0) is 25.8 Å². The van der Waals surface area contributed by atoms with Crippen molar-refractivity contribution in [2.45, 2.75) is 52.1 Å². The van der Waals surface area contributed by atoms with Crippen LogP contribution in [0, 0.1) is 6.92 Å². The van der Waals surface area contributed by atoms with E-state index in [0.717, 1.165) is 22.9 Å². The van der Waals surface area contributed by atoms with Gasteiger partial charge in [0, 0.05) is 23.4 Å². The lowest BCUT2D eigenvalue weighted by molar-refractivity contribution is 0.535. The van der Waals surface area contributed by atoms with Crippen molar-refractivity contribution in [1.29, 1.82) is 0 Å². The predicted molar refractivity (Wildman–Crippen MR) is 78.5 cm³/mol. The molecule has 1 N–H and O–H groups in total. The molecule has 19 heavy (non-hydrogen) atoms. The molecule has 4 heteroatoms. The maximum absolute atomic E-state index is 5.39. The number of furan rings is 1. The molecule has 0 spiro atoms. The minimum absolute atomic E-state index is 0.508. The van der Waals surface area contributed by atoms with Crippen molar-refractivity contribution in [3.05, 3.63) is 28.7 Å². The fourth-order valence-corrected chi connectivity index (χ4v) is 3.36. The first-order valence-electron chi connectivity index (χ1n) is 6.92. The lowest BCUT2D eigenvalue weighted by Crippen LogP contribution is -2.21. The second-order valence-corrected chi connectivity index (χ2v) is 6.61. The van der Waals surface area contributed by atoms with Crippen LogP contribution in [0.25, 0.3) is 10.6 Å². The lowest BCUT2D eigenvalue weighted by Gasteiger charge is -2.07. The summed E-state index contributed by atoms with van der Waals surface area (Å²) in [6.07, 6.45) is 4.33. The SMILES string of the molecule is Cc1occc1-c1nc(C2CC2)c(CNC(C)C)s1. The quantitative estimate of drug-likeness (QED) is 0.894. The molecule has 0 atom stereocenters. The molecule has 0 aromatic carbocycles. The summed E-state index contributed by atoms with van der Waals surface area (Å²) in [7, 11) is 0. The van der Waals surface area contributed by atoms with E-state index in [1.165, 1.54) is 23.4 Å². The standard InChI is InChI=1S/C15H20N2OS/c1-9(2)16-8-13-14(11-4-5-11)17-15(19-13)12-6-7-18-10(12)3/h6-7,9,11,16H,4-5,8H2,1-3H3. The molecular weight excluding hydrogens is 256 g/mol. The van der Waals surface area contributed by atoms with Gasteiger partial charge in [-0.3, -0.25) is 0 Å². The van der Waals surface area contributed by atoms with Crippen LogP contribution in [0.1, 0.15) is 48.9 Å². The van der Waals surface area contributed by atoms with Gasteiger partial charge in [-0.2, -0.15) is 0 Å². The predicted octanol–water partition coefficient (Wildman–Crippen LogP) is 4.09. The maximum atomic E-state index is 5.39. The summed E-state index contributed by atoms with van der Waals surface area (Å²) < 4.78 is 5.39. The van der Waals surface area contributed by atoms with Crippen molar-refractivity contribution in [3.8, 4) is 10.6 Å². The first-order valence-corrected chi connectivity index (χ1v) is 7.74. The molecule has 0 amide bonds. The van der Waals surface area contributed by atoms with Gasteiger partial charge in [0.2, 0.25) is 0 Å². The minimum Gasteiger partial charge on any atom is -0.469 e. The average molecular weight is 276 g/mol. The zero-order valence-corrected chi connectivity index (χ0v) is 12.5. The van der Waals surface area contributed by atoms with E-state index in [-0.39, 0.29) is 0 Å². The smallest absolute Gasteiger partial charge is 0.127 e. The Bertz CT molecular complexity index is 566. The van der Waals surface area contributed by atoms with Crippen LogP contribution in [0.4, 0.5) is 0 Å². The van der Waals surface area contributed by atoms with E-state index in [1.54, 1.807) is 6.26 Å². The molecule has 1 aliphatic rings. The molecule has 2 heterocycles. The monoisotopic (exact) mass is 276 g/mol. The number of rotatable bonds is 5. The van der Waals surface area contributed by atoms with Crippen LogP contribution < -0.4 is 5.32 Å². The third-order valence-electron chi connectivity index (χ3n) is 3.45. The fraction of sp³-hybridized carbons (Fsp3) is 0.533. The molecule has 0 unspecified atom stereocenters. The van der Waals surface area contributed by atoms with Gasteiger partial charge in [0.1, 0.15) is 10.8 Å². The summed E-state index contributed by atoms with van der Waals surface area (Å²) in [4.78, 5) is 6.27. The van der Waals surface area contributed by atoms with Crippen molar-refractivity contribution < 1.29 is 4.42 Å². The number of thiazole rings is 1. The van der Waals surface area contributed by atoms with E-state index < -0.39 is 0 Å². The summed E-state index contributed by atoms with van der Waals surface area (Å²) in [5, 5.41) is 4.61. The van der Waals surface area contributed by atoms with Gasteiger partial charge in [0.05, 0.1) is 17.5 Å². The number of nitrogens with one attached hydrogen (secondary N) is 1. The van der Waals surface area contributed by atoms with Gasteiger partial charge in [0.15, 0.2) is 0 Å². The molecule has 1 fully saturated rings. The van der Waals surface area contributed by atoms with E-state index in [0.29, 0.717) is 12.0 Å². The summed E-state index contributed by atoms with van der Waals surface area (Å²) >= 11 is 1.81. The topological polar surface area (TPSA) is 38.1 Å². The van der Waals surface area contributed by atoms with E-state index >= 15 is 0 Å². The maximum Gasteiger partial charge on any atom is 0.127 e. The highest BCUT2D eigenvalue weighted by Crippen LogP contribution is 2.44. The summed E-state index contributed by atoms with van der Waals surface area (Å²) in [5.74, 6) is 1.65. The first kappa shape index (κ1) is 12.9. The molecule has 3 nitrogen and oxygen atoms in total. The molecule has 3 rings (SSSR count). The van der Waals surface area contributed by atoms with Gasteiger partial charge in [-0.25, -0.2) is 4.98 Å². The molecule has 1 aliphatic carbocycles. The molecule has 0 saturated heterocycles. The van der Waals surface area contributed by atoms with Crippen LogP contribution in [-0.4, -0.2) is 11.0 Å². The van der Waals surface area contributed by atoms with Crippen molar-refractivity contribution in [2.75, 3.05) is 0 Å². The Morgan fingerprint density at radius 1 is 1.47 bits per heavy atom. The van der Waals surface area contributed by atoms with Gasteiger partial charge in [0.25, 0.3) is 0 Å². The molecular formula is C15H20N2OS. The van der Waals surface area contributed by atoms with Gasteiger partial charge >= 0.3 is 0 Å². The zero-order chi connectivity index (χ0) is 13.4. The highest BCUT2D eigenvalue weighted by molar-refractivity contribution is 7.15. The van der Waals surface area contributed by atoms with E-state index in [9.17, 15) is 0 Å². The third kappa shape index (κ3) is 2.74. The van der Waals surface area contributed by atoms with Crippen molar-refractivity contribution >= 4 is 11.3 Å². The molecule has 0 bridgehead atoms. The Labute approximate surface area is 118 Å². The Balaban J connectivity index is 1.90. The third-order valence-corrected chi connectivity index (χ3v) is 4.56. The molecule has 2 aromatic rings. The van der Waals surface area contributed by atoms with E-state index in [1.807, 2.05) is 24.3 Å². The number of aromatic nitrogens is 1. The highest BCUT2D eigenvalue weighted by atomic mass is 32.1. The second-order valence-electron chi connectivity index (χ2n) is 5.53. The highest BCUT2D eigenvalue weighted by Gasteiger charge is 2.30. The van der Waals surface area contributed by atoms with Crippen molar-refractivity contribution in [1.82, 2.24) is 10.3 Å². The normalized spacial score (nSPS) is 15.4. The van der Waals surface area contributed by atoms with Crippen LogP contribution in [0.15, 0.2) is 16.7 Å². The van der Waals surface area contributed by atoms with Gasteiger partial charge in [-0.15, -0.1) is 11.3 Å². The number of hydrogen-bond acceptors (Lipinski definition) is 4. The van der Waals surface area contributed by atoms with Gasteiger partial charge in [-0.1, -0.05) is 13.8 Å². The molecule has 0 aliphatic heterocycles. The molecule has 2 aromatic heterocycles. The zero-order valence-electron chi connectivity index (χ0n) is 11.7. The minimum atomic E-state index is 0.508. The van der Waals surface area contributed by atoms with Crippen LogP contribution in [0.2, 0.25) is 0 Å². The Morgan fingerprint density at radius 2 is 2.26 bits per heavy atom. The summed E-state index contributed by atoms with van der Waals surface area (Å²) in [6, 6.07) is 2.53. The van der Waals surface area contributed by atoms with Gasteiger partial charge < -0.3 is 9.73 Å². The summed E-state index contributed by atoms with van der Waals surface area (Å²) in [6.45, 7) is 7.29. The summed E-state index contributed by atoms with van der Waals surface area (Å²) in [5.41, 5.74) is 2.46. The largest absolute Gasteiger partial charge is 0.469 e. The van der Waals surface area contributed by atoms with E-state index in [4.69, 9.17) is 9.40 Å². The average Bonchev–Trinajstić information content (AvgIpc) is 2.98. The lowest BCUT2D eigenvalue weighted by atomic mass is 10.2. The molecule has 0 radical (unpaired) electrons. The van der Waals surface area contributed by atoms with Crippen LogP contribution in [-0.2, 0) is 6.54 Å². The number of aryl methyl sites for hydroxylation is 1. The van der Waals surface area contributed by atoms with Crippen LogP contribution in [0.5, 0.6) is 0 Å². The number of hydrogen-bond donors (Lipinski definition) is 1. The Kier molecular flexibility index (Phi) is 3.46. The van der Waals surface area contributed by atoms with Crippen molar-refractivity contribution in [2.24, 2.45) is 0 Å².